The molecule has 1 aromatic rings. The van der Waals surface area contributed by atoms with Crippen molar-refractivity contribution in [2.45, 2.75) is 32.1 Å². The van der Waals surface area contributed by atoms with E-state index in [-0.39, 0.29) is 11.9 Å². The summed E-state index contributed by atoms with van der Waals surface area (Å²) in [6.07, 6.45) is 7.12. The van der Waals surface area contributed by atoms with E-state index in [9.17, 15) is 9.59 Å². The third-order valence-electron chi connectivity index (χ3n) is 3.72. The van der Waals surface area contributed by atoms with Gasteiger partial charge in [-0.3, -0.25) is 9.59 Å². The standard InChI is InChI=1S/C19H26ClNO5/c1-24-16-13-14(12-15(20)19(16)26-3)9-10-17(22)21-11-7-5-4-6-8-18(23)25-2/h9-10,12-13H,4-8,11H2,1-3H3,(H,21,22)/b10-9+. The molecule has 0 unspecified atom stereocenters. The predicted octanol–water partition coefficient (Wildman–Crippen LogP) is 3.61. The number of benzene rings is 1. The number of rotatable bonds is 11. The van der Waals surface area contributed by atoms with Crippen LogP contribution in [0.4, 0.5) is 0 Å². The van der Waals surface area contributed by atoms with Crippen LogP contribution in [0.2, 0.25) is 5.02 Å². The number of hydrogen-bond donors (Lipinski definition) is 1. The Kier molecular flexibility index (Phi) is 10.2. The SMILES string of the molecule is COC(=O)CCCCCCNC(=O)/C=C/c1cc(Cl)c(OC)c(OC)c1. The first-order valence-corrected chi connectivity index (χ1v) is 8.83. The van der Waals surface area contributed by atoms with Crippen molar-refractivity contribution in [2.75, 3.05) is 27.9 Å². The molecule has 0 heterocycles. The average molecular weight is 384 g/mol. The van der Waals surface area contributed by atoms with Crippen molar-refractivity contribution in [3.8, 4) is 11.5 Å². The number of hydrogen-bond acceptors (Lipinski definition) is 5. The lowest BCUT2D eigenvalue weighted by Crippen LogP contribution is -2.21. The van der Waals surface area contributed by atoms with E-state index in [1.54, 1.807) is 18.2 Å². The van der Waals surface area contributed by atoms with Crippen molar-refractivity contribution in [3.63, 3.8) is 0 Å². The Morgan fingerprint density at radius 2 is 1.81 bits per heavy atom. The van der Waals surface area contributed by atoms with Crippen LogP contribution in [0.3, 0.4) is 0 Å². The van der Waals surface area contributed by atoms with Crippen LogP contribution < -0.4 is 14.8 Å². The first-order chi connectivity index (χ1) is 12.5. The Morgan fingerprint density at radius 3 is 2.46 bits per heavy atom. The van der Waals surface area contributed by atoms with E-state index in [4.69, 9.17) is 21.1 Å². The van der Waals surface area contributed by atoms with E-state index in [1.165, 1.54) is 27.4 Å². The number of carbonyl (C=O) groups excluding carboxylic acids is 2. The minimum absolute atomic E-state index is 0.175. The van der Waals surface area contributed by atoms with Gasteiger partial charge in [-0.05, 0) is 36.6 Å². The fraction of sp³-hybridized carbons (Fsp3) is 0.474. The predicted molar refractivity (Wildman–Crippen MR) is 102 cm³/mol. The third kappa shape index (κ3) is 7.78. The summed E-state index contributed by atoms with van der Waals surface area (Å²) in [7, 11) is 4.43. The van der Waals surface area contributed by atoms with Gasteiger partial charge in [0.2, 0.25) is 5.91 Å². The van der Waals surface area contributed by atoms with Crippen LogP contribution >= 0.6 is 11.6 Å². The van der Waals surface area contributed by atoms with Crippen molar-refractivity contribution < 1.29 is 23.8 Å². The number of nitrogens with one attached hydrogen (secondary N) is 1. The maximum Gasteiger partial charge on any atom is 0.305 e. The number of amides is 1. The first kappa shape index (κ1) is 21.8. The van der Waals surface area contributed by atoms with Gasteiger partial charge in [0.1, 0.15) is 0 Å². The molecule has 1 rings (SSSR count). The number of halogens is 1. The fourth-order valence-electron chi connectivity index (χ4n) is 2.33. The van der Waals surface area contributed by atoms with Gasteiger partial charge in [-0.15, -0.1) is 0 Å². The minimum Gasteiger partial charge on any atom is -0.493 e. The highest BCUT2D eigenvalue weighted by atomic mass is 35.5. The van der Waals surface area contributed by atoms with Crippen molar-refractivity contribution >= 4 is 29.6 Å². The van der Waals surface area contributed by atoms with Crippen LogP contribution in [-0.2, 0) is 14.3 Å². The summed E-state index contributed by atoms with van der Waals surface area (Å²) in [5, 5.41) is 3.24. The first-order valence-electron chi connectivity index (χ1n) is 8.46. The van der Waals surface area contributed by atoms with Gasteiger partial charge in [-0.25, -0.2) is 0 Å². The van der Waals surface area contributed by atoms with E-state index < -0.39 is 0 Å². The van der Waals surface area contributed by atoms with Gasteiger partial charge in [0, 0.05) is 19.0 Å². The summed E-state index contributed by atoms with van der Waals surface area (Å²) in [4.78, 5) is 22.8. The van der Waals surface area contributed by atoms with Gasteiger partial charge in [-0.1, -0.05) is 24.4 Å². The summed E-state index contributed by atoms with van der Waals surface area (Å²) in [5.41, 5.74) is 0.741. The molecule has 0 spiro atoms. The summed E-state index contributed by atoms with van der Waals surface area (Å²) in [5.74, 6) is 0.610. The molecule has 0 aliphatic carbocycles. The Bertz CT molecular complexity index is 631. The number of methoxy groups -OCH3 is 3. The molecular weight excluding hydrogens is 358 g/mol. The van der Waals surface area contributed by atoms with Crippen molar-refractivity contribution in [1.82, 2.24) is 5.32 Å². The van der Waals surface area contributed by atoms with E-state index in [0.717, 1.165) is 31.2 Å². The van der Waals surface area contributed by atoms with Gasteiger partial charge in [0.25, 0.3) is 0 Å². The van der Waals surface area contributed by atoms with E-state index in [0.29, 0.717) is 29.5 Å². The van der Waals surface area contributed by atoms with Gasteiger partial charge >= 0.3 is 5.97 Å². The van der Waals surface area contributed by atoms with Gasteiger partial charge in [0.15, 0.2) is 11.5 Å². The summed E-state index contributed by atoms with van der Waals surface area (Å²) in [6, 6.07) is 3.45. The quantitative estimate of drug-likeness (QED) is 0.359. The molecule has 144 valence electrons. The molecule has 1 amide bonds. The van der Waals surface area contributed by atoms with Crippen LogP contribution in [0, 0.1) is 0 Å². The molecule has 7 heteroatoms. The topological polar surface area (TPSA) is 73.9 Å². The lowest BCUT2D eigenvalue weighted by Gasteiger charge is -2.10. The molecule has 0 atom stereocenters. The lowest BCUT2D eigenvalue weighted by atomic mass is 10.1. The zero-order valence-corrected chi connectivity index (χ0v) is 16.2. The molecule has 1 N–H and O–H groups in total. The van der Waals surface area contributed by atoms with Crippen molar-refractivity contribution in [1.29, 1.82) is 0 Å². The summed E-state index contributed by atoms with van der Waals surface area (Å²) in [6.45, 7) is 0.591. The van der Waals surface area contributed by atoms with Crippen LogP contribution in [0.15, 0.2) is 18.2 Å². The highest BCUT2D eigenvalue weighted by Gasteiger charge is 2.09. The molecular formula is C19H26ClNO5. The van der Waals surface area contributed by atoms with Crippen LogP contribution in [-0.4, -0.2) is 39.8 Å². The largest absolute Gasteiger partial charge is 0.493 e. The van der Waals surface area contributed by atoms with Gasteiger partial charge in [-0.2, -0.15) is 0 Å². The number of unbranched alkanes of at least 4 members (excludes halogenated alkanes) is 3. The minimum atomic E-state index is -0.182. The van der Waals surface area contributed by atoms with Crippen LogP contribution in [0.1, 0.15) is 37.7 Å². The van der Waals surface area contributed by atoms with E-state index in [1.807, 2.05) is 0 Å². The Labute approximate surface area is 159 Å². The Balaban J connectivity index is 2.35. The maximum absolute atomic E-state index is 11.8. The zero-order chi connectivity index (χ0) is 19.4. The molecule has 26 heavy (non-hydrogen) atoms. The zero-order valence-electron chi connectivity index (χ0n) is 15.5. The average Bonchev–Trinajstić information content (AvgIpc) is 2.64. The Hall–Kier alpha value is -2.21. The molecule has 0 aliphatic heterocycles. The molecule has 0 bridgehead atoms. The lowest BCUT2D eigenvalue weighted by molar-refractivity contribution is -0.140. The van der Waals surface area contributed by atoms with Gasteiger partial charge in [0.05, 0.1) is 26.4 Å². The van der Waals surface area contributed by atoms with Crippen LogP contribution in [0.5, 0.6) is 11.5 Å². The second-order valence-electron chi connectivity index (χ2n) is 5.60. The molecule has 0 saturated heterocycles. The van der Waals surface area contributed by atoms with Crippen LogP contribution in [0.25, 0.3) is 6.08 Å². The monoisotopic (exact) mass is 383 g/mol. The van der Waals surface area contributed by atoms with Gasteiger partial charge < -0.3 is 19.5 Å². The molecule has 0 radical (unpaired) electrons. The summed E-state index contributed by atoms with van der Waals surface area (Å²) < 4.78 is 15.0. The second-order valence-corrected chi connectivity index (χ2v) is 6.01. The van der Waals surface area contributed by atoms with E-state index >= 15 is 0 Å². The molecule has 0 aromatic heterocycles. The summed E-state index contributed by atoms with van der Waals surface area (Å²) >= 11 is 6.13. The highest BCUT2D eigenvalue weighted by molar-refractivity contribution is 6.32. The molecule has 0 fully saturated rings. The maximum atomic E-state index is 11.8. The number of esters is 1. The molecule has 6 nitrogen and oxygen atoms in total. The van der Waals surface area contributed by atoms with Crippen molar-refractivity contribution in [3.05, 3.63) is 28.8 Å². The Morgan fingerprint density at radius 1 is 1.08 bits per heavy atom. The molecule has 0 saturated carbocycles. The third-order valence-corrected chi connectivity index (χ3v) is 4.00. The smallest absolute Gasteiger partial charge is 0.305 e. The number of ether oxygens (including phenoxy) is 3. The molecule has 0 aliphatic rings. The number of carbonyl (C=O) groups is 2. The van der Waals surface area contributed by atoms with Crippen molar-refractivity contribution in [2.24, 2.45) is 0 Å². The second kappa shape index (κ2) is 12.2. The normalized spacial score (nSPS) is 10.6. The highest BCUT2D eigenvalue weighted by Crippen LogP contribution is 2.36. The van der Waals surface area contributed by atoms with E-state index in [2.05, 4.69) is 10.1 Å². The molecule has 1 aromatic carbocycles. The fourth-order valence-corrected chi connectivity index (χ4v) is 2.62.